The highest BCUT2D eigenvalue weighted by Crippen LogP contribution is 2.38. The number of amides is 4. The second-order valence-corrected chi connectivity index (χ2v) is 13.5. The van der Waals surface area contributed by atoms with Crippen molar-refractivity contribution in [1.82, 2.24) is 20.4 Å². The summed E-state index contributed by atoms with van der Waals surface area (Å²) in [6, 6.07) is 8.25. The van der Waals surface area contributed by atoms with Gasteiger partial charge >= 0.3 is 6.09 Å². The van der Waals surface area contributed by atoms with Crippen LogP contribution in [0.25, 0.3) is 0 Å². The lowest BCUT2D eigenvalue weighted by Gasteiger charge is -2.41. The minimum absolute atomic E-state index is 0.0429. The van der Waals surface area contributed by atoms with Gasteiger partial charge in [0.2, 0.25) is 23.1 Å². The normalized spacial score (nSPS) is 20.7. The Morgan fingerprint density at radius 2 is 1.69 bits per heavy atom. The van der Waals surface area contributed by atoms with Crippen LogP contribution < -0.4 is 21.1 Å². The van der Waals surface area contributed by atoms with E-state index >= 15 is 0 Å². The topological polar surface area (TPSA) is 238 Å². The molecule has 290 valence electrons. The standard InChI is InChI=1S/C37H46N6O11/c1-22(2)42(36(50)54-26-17-15-25(16-18-26)43(51)52)37(30(44)21-29(53-4)32(37)46)31(45)28-14-10-20-41(28)35(49)23(3)39-34(48)27(13-8-9-19-38)40-33(47)24-11-6-5-7-12-24/h5-7,11-12,15-18,22-23,27-29H,8-10,13-14,19-21,38H2,1-4H3,(H,39,48)(H,40,47)/t23-,27-,28+,29?,37?/m0/s1. The fourth-order valence-corrected chi connectivity index (χ4v) is 6.88. The fraction of sp³-hybridized carbons (Fsp3) is 0.486. The summed E-state index contributed by atoms with van der Waals surface area (Å²) in [5.74, 6) is -4.90. The third-order valence-electron chi connectivity index (χ3n) is 9.56. The Kier molecular flexibility index (Phi) is 13.7. The van der Waals surface area contributed by atoms with Gasteiger partial charge in [0.1, 0.15) is 23.9 Å². The number of ether oxygens (including phenoxy) is 2. The highest BCUT2D eigenvalue weighted by Gasteiger charge is 2.67. The van der Waals surface area contributed by atoms with E-state index in [1.54, 1.807) is 30.3 Å². The number of nitrogens with zero attached hydrogens (tertiary/aromatic N) is 3. The number of nitro groups is 1. The van der Waals surface area contributed by atoms with E-state index in [2.05, 4.69) is 10.6 Å². The summed E-state index contributed by atoms with van der Waals surface area (Å²) in [4.78, 5) is 110. The van der Waals surface area contributed by atoms with E-state index in [1.165, 1.54) is 32.8 Å². The lowest BCUT2D eigenvalue weighted by atomic mass is 9.82. The van der Waals surface area contributed by atoms with E-state index in [9.17, 15) is 43.7 Å². The van der Waals surface area contributed by atoms with Gasteiger partial charge in [0.25, 0.3) is 11.6 Å². The number of likely N-dealkylation sites (tertiary alicyclic amines) is 1. The van der Waals surface area contributed by atoms with Crippen LogP contribution in [-0.4, -0.2) is 112 Å². The van der Waals surface area contributed by atoms with Crippen molar-refractivity contribution in [3.8, 4) is 5.75 Å². The van der Waals surface area contributed by atoms with Crippen molar-refractivity contribution in [3.05, 3.63) is 70.3 Å². The number of nitrogens with one attached hydrogen (secondary N) is 2. The molecule has 0 aromatic heterocycles. The van der Waals surface area contributed by atoms with Gasteiger partial charge in [0, 0.05) is 43.8 Å². The average molecular weight is 751 g/mol. The van der Waals surface area contributed by atoms with E-state index in [1.807, 2.05) is 0 Å². The maximum atomic E-state index is 14.8. The zero-order valence-corrected chi connectivity index (χ0v) is 30.6. The molecule has 2 aromatic rings. The molecule has 2 aliphatic rings. The molecular formula is C37H46N6O11. The molecule has 4 amide bonds. The van der Waals surface area contributed by atoms with E-state index in [-0.39, 0.29) is 30.8 Å². The SMILES string of the molecule is COC1CC(=O)C(C(=O)[C@H]2CCCN2C(=O)[C@H](C)NC(=O)[C@H](CCCCN)NC(=O)c2ccccc2)(N(C(=O)Oc2ccc([N+](=O)[O-])cc2)C(C)C)C1=O. The molecule has 0 radical (unpaired) electrons. The quantitative estimate of drug-likeness (QED) is 0.0968. The molecule has 2 aromatic carbocycles. The molecule has 1 aliphatic heterocycles. The van der Waals surface area contributed by atoms with Crippen LogP contribution in [0.4, 0.5) is 10.5 Å². The molecule has 17 nitrogen and oxygen atoms in total. The van der Waals surface area contributed by atoms with E-state index in [0.29, 0.717) is 31.4 Å². The summed E-state index contributed by atoms with van der Waals surface area (Å²) >= 11 is 0. The predicted molar refractivity (Wildman–Crippen MR) is 192 cm³/mol. The summed E-state index contributed by atoms with van der Waals surface area (Å²) in [6.07, 6.45) is -1.46. The van der Waals surface area contributed by atoms with Crippen LogP contribution in [0.15, 0.2) is 54.6 Å². The first-order chi connectivity index (χ1) is 25.7. The predicted octanol–water partition coefficient (Wildman–Crippen LogP) is 2.09. The van der Waals surface area contributed by atoms with Crippen molar-refractivity contribution in [3.63, 3.8) is 0 Å². The Bertz CT molecular complexity index is 1750. The first-order valence-electron chi connectivity index (χ1n) is 17.8. The summed E-state index contributed by atoms with van der Waals surface area (Å²) < 4.78 is 10.7. The van der Waals surface area contributed by atoms with Crippen LogP contribution in [0.2, 0.25) is 0 Å². The number of nitro benzene ring substituents is 1. The molecule has 54 heavy (non-hydrogen) atoms. The monoisotopic (exact) mass is 750 g/mol. The summed E-state index contributed by atoms with van der Waals surface area (Å²) in [5.41, 5.74) is 2.96. The smallest absolute Gasteiger partial charge is 0.410 e. The average Bonchev–Trinajstić information content (AvgIpc) is 3.73. The van der Waals surface area contributed by atoms with E-state index < -0.39 is 88.3 Å². The molecule has 1 aliphatic carbocycles. The Hall–Kier alpha value is -5.55. The van der Waals surface area contributed by atoms with Gasteiger partial charge in [-0.1, -0.05) is 18.2 Å². The highest BCUT2D eigenvalue weighted by molar-refractivity contribution is 6.36. The number of carbonyl (C=O) groups excluding carboxylic acids is 7. The lowest BCUT2D eigenvalue weighted by Crippen LogP contribution is -2.70. The lowest BCUT2D eigenvalue weighted by molar-refractivity contribution is -0.384. The maximum Gasteiger partial charge on any atom is 0.417 e. The summed E-state index contributed by atoms with van der Waals surface area (Å²) in [6.45, 7) is 4.79. The molecule has 0 bridgehead atoms. The molecule has 1 saturated heterocycles. The number of nitrogens with two attached hydrogens (primary N) is 1. The zero-order chi connectivity index (χ0) is 39.7. The number of rotatable bonds is 16. The number of non-ortho nitro benzene ring substituents is 1. The second-order valence-electron chi connectivity index (χ2n) is 13.5. The molecule has 1 saturated carbocycles. The number of hydrogen-bond acceptors (Lipinski definition) is 12. The number of ketones is 3. The van der Waals surface area contributed by atoms with Gasteiger partial charge in [-0.25, -0.2) is 4.79 Å². The van der Waals surface area contributed by atoms with Crippen LogP contribution in [-0.2, 0) is 28.7 Å². The van der Waals surface area contributed by atoms with Crippen LogP contribution >= 0.6 is 0 Å². The van der Waals surface area contributed by atoms with Gasteiger partial charge in [0.05, 0.1) is 11.0 Å². The Balaban J connectivity index is 1.60. The number of Topliss-reactive ketones (excluding diaryl/α,β-unsaturated/α-hetero) is 3. The number of carbonyl (C=O) groups is 7. The van der Waals surface area contributed by atoms with Crippen LogP contribution in [0.1, 0.15) is 69.7 Å². The first-order valence-corrected chi connectivity index (χ1v) is 17.8. The maximum absolute atomic E-state index is 14.8. The molecule has 4 N–H and O–H groups in total. The molecule has 0 spiro atoms. The third-order valence-corrected chi connectivity index (χ3v) is 9.56. The van der Waals surface area contributed by atoms with Gasteiger partial charge in [-0.05, 0) is 83.7 Å². The number of benzene rings is 2. The third kappa shape index (κ3) is 8.63. The highest BCUT2D eigenvalue weighted by atomic mass is 16.6. The van der Waals surface area contributed by atoms with Gasteiger partial charge in [-0.2, -0.15) is 0 Å². The van der Waals surface area contributed by atoms with Crippen molar-refractivity contribution in [2.45, 2.75) is 95.1 Å². The van der Waals surface area contributed by atoms with Crippen molar-refractivity contribution < 1.29 is 48.0 Å². The van der Waals surface area contributed by atoms with Gasteiger partial charge in [0.15, 0.2) is 11.6 Å². The molecule has 5 atom stereocenters. The zero-order valence-electron chi connectivity index (χ0n) is 30.6. The first kappa shape index (κ1) is 41.2. The van der Waals surface area contributed by atoms with Crippen molar-refractivity contribution in [2.24, 2.45) is 5.73 Å². The van der Waals surface area contributed by atoms with Crippen molar-refractivity contribution in [2.75, 3.05) is 20.2 Å². The largest absolute Gasteiger partial charge is 0.417 e. The van der Waals surface area contributed by atoms with Gasteiger partial charge < -0.3 is 30.7 Å². The minimum atomic E-state index is -2.73. The number of hydrogen-bond donors (Lipinski definition) is 3. The van der Waals surface area contributed by atoms with Crippen LogP contribution in [0.3, 0.4) is 0 Å². The molecule has 1 heterocycles. The molecule has 2 fully saturated rings. The Labute approximate surface area is 312 Å². The van der Waals surface area contributed by atoms with Gasteiger partial charge in [-0.15, -0.1) is 0 Å². The Morgan fingerprint density at radius 1 is 1.02 bits per heavy atom. The van der Waals surface area contributed by atoms with Crippen molar-refractivity contribution >= 4 is 46.9 Å². The second kappa shape index (κ2) is 18.0. The van der Waals surface area contributed by atoms with E-state index in [4.69, 9.17) is 15.2 Å². The minimum Gasteiger partial charge on any atom is -0.410 e. The fourth-order valence-electron chi connectivity index (χ4n) is 6.88. The van der Waals surface area contributed by atoms with Crippen LogP contribution in [0.5, 0.6) is 5.75 Å². The molecule has 4 rings (SSSR count). The van der Waals surface area contributed by atoms with Gasteiger partial charge in [-0.3, -0.25) is 43.8 Å². The van der Waals surface area contributed by atoms with Crippen molar-refractivity contribution in [1.29, 1.82) is 0 Å². The number of methoxy groups -OCH3 is 1. The summed E-state index contributed by atoms with van der Waals surface area (Å²) in [5, 5.41) is 16.5. The van der Waals surface area contributed by atoms with E-state index in [0.717, 1.165) is 29.2 Å². The Morgan fingerprint density at radius 3 is 2.26 bits per heavy atom. The summed E-state index contributed by atoms with van der Waals surface area (Å²) in [7, 11) is 1.19. The molecule has 2 unspecified atom stereocenters. The van der Waals surface area contributed by atoms with Crippen LogP contribution in [0, 0.1) is 10.1 Å². The number of unbranched alkanes of at least 4 members (excludes halogenated alkanes) is 1. The molecular weight excluding hydrogens is 704 g/mol. The molecule has 17 heteroatoms.